The molecule has 2 heterocycles. The molecule has 2 N–H and O–H groups in total. The Kier molecular flexibility index (Phi) is 7.02. The van der Waals surface area contributed by atoms with Crippen molar-refractivity contribution >= 4 is 28.3 Å². The molecule has 0 radical (unpaired) electrons. The first kappa shape index (κ1) is 21.6. The Morgan fingerprint density at radius 2 is 1.82 bits per heavy atom. The van der Waals surface area contributed by atoms with Gasteiger partial charge in [0.05, 0.1) is 4.90 Å². The molecule has 0 saturated carbocycles. The predicted molar refractivity (Wildman–Crippen MR) is 111 cm³/mol. The number of rotatable bonds is 4. The lowest BCUT2D eigenvalue weighted by atomic mass is 9.96. The van der Waals surface area contributed by atoms with Gasteiger partial charge >= 0.3 is 0 Å². The SMILES string of the molecule is Cl.O=C(N[C@H]1CCCNC1)C1CCN(S(=O)(=O)c2ccc3c(c2)CCC3)CC1. The Hall–Kier alpha value is -1.15. The van der Waals surface area contributed by atoms with Crippen LogP contribution in [0, 0.1) is 5.92 Å². The number of hydrogen-bond donors (Lipinski definition) is 2. The van der Waals surface area contributed by atoms with Crippen molar-refractivity contribution in [2.45, 2.75) is 55.9 Å². The van der Waals surface area contributed by atoms with Crippen molar-refractivity contribution in [1.29, 1.82) is 0 Å². The van der Waals surface area contributed by atoms with Crippen LogP contribution in [0.25, 0.3) is 0 Å². The summed E-state index contributed by atoms with van der Waals surface area (Å²) < 4.78 is 27.5. The lowest BCUT2D eigenvalue weighted by molar-refractivity contribution is -0.126. The third-order valence-electron chi connectivity index (χ3n) is 6.18. The maximum Gasteiger partial charge on any atom is 0.243 e. The summed E-state index contributed by atoms with van der Waals surface area (Å²) in [4.78, 5) is 12.9. The fraction of sp³-hybridized carbons (Fsp3) is 0.650. The van der Waals surface area contributed by atoms with Crippen LogP contribution in [0.1, 0.15) is 43.2 Å². The maximum absolute atomic E-state index is 13.0. The summed E-state index contributed by atoms with van der Waals surface area (Å²) in [5.41, 5.74) is 2.45. The van der Waals surface area contributed by atoms with Crippen molar-refractivity contribution in [3.8, 4) is 0 Å². The van der Waals surface area contributed by atoms with E-state index in [4.69, 9.17) is 0 Å². The van der Waals surface area contributed by atoms with Crippen LogP contribution in [0.15, 0.2) is 23.1 Å². The molecule has 2 fully saturated rings. The maximum atomic E-state index is 13.0. The molecule has 2 aliphatic heterocycles. The average molecular weight is 428 g/mol. The molecule has 8 heteroatoms. The minimum Gasteiger partial charge on any atom is -0.352 e. The highest BCUT2D eigenvalue weighted by Gasteiger charge is 2.33. The van der Waals surface area contributed by atoms with Crippen LogP contribution in [0.5, 0.6) is 0 Å². The molecule has 6 nitrogen and oxygen atoms in total. The summed E-state index contributed by atoms with van der Waals surface area (Å²) in [6, 6.07) is 5.77. The van der Waals surface area contributed by atoms with Crippen LogP contribution < -0.4 is 10.6 Å². The van der Waals surface area contributed by atoms with E-state index in [1.165, 1.54) is 11.1 Å². The standard InChI is InChI=1S/C20H29N3O3S.ClH/c24-20(22-18-5-2-10-21-14-18)16-8-11-23(12-9-16)27(25,26)19-7-6-15-3-1-4-17(15)13-19;/h6-7,13,16,18,21H,1-5,8-12,14H2,(H,22,24);1H/t18-;/m0./s1. The van der Waals surface area contributed by atoms with Gasteiger partial charge in [-0.1, -0.05) is 6.07 Å². The summed E-state index contributed by atoms with van der Waals surface area (Å²) in [7, 11) is -3.47. The second kappa shape index (κ2) is 9.11. The smallest absolute Gasteiger partial charge is 0.243 e. The monoisotopic (exact) mass is 427 g/mol. The first-order valence-corrected chi connectivity index (χ1v) is 11.6. The summed E-state index contributed by atoms with van der Waals surface area (Å²) in [5.74, 6) is -0.00308. The largest absolute Gasteiger partial charge is 0.352 e. The Bertz CT molecular complexity index is 801. The van der Waals surface area contributed by atoms with Gasteiger partial charge in [0.2, 0.25) is 15.9 Å². The molecular formula is C20H30ClN3O3S. The molecule has 28 heavy (non-hydrogen) atoms. The molecule has 4 rings (SSSR count). The van der Waals surface area contributed by atoms with Crippen LogP contribution in [0.4, 0.5) is 0 Å². The molecular weight excluding hydrogens is 398 g/mol. The molecule has 1 aromatic rings. The van der Waals surface area contributed by atoms with Crippen LogP contribution in [0.3, 0.4) is 0 Å². The summed E-state index contributed by atoms with van der Waals surface area (Å²) in [6.07, 6.45) is 6.42. The van der Waals surface area contributed by atoms with E-state index in [9.17, 15) is 13.2 Å². The topological polar surface area (TPSA) is 78.5 Å². The molecule has 2 saturated heterocycles. The zero-order valence-electron chi connectivity index (χ0n) is 16.2. The number of aryl methyl sites for hydroxylation is 2. The number of halogens is 1. The second-order valence-electron chi connectivity index (χ2n) is 8.01. The highest BCUT2D eigenvalue weighted by atomic mass is 35.5. The Balaban J connectivity index is 0.00000225. The number of hydrogen-bond acceptors (Lipinski definition) is 4. The molecule has 0 unspecified atom stereocenters. The summed E-state index contributed by atoms with van der Waals surface area (Å²) in [6.45, 7) is 2.68. The van der Waals surface area contributed by atoms with E-state index in [1.54, 1.807) is 10.4 Å². The van der Waals surface area contributed by atoms with Gasteiger partial charge in [0, 0.05) is 31.6 Å². The van der Waals surface area contributed by atoms with Gasteiger partial charge in [0.15, 0.2) is 0 Å². The van der Waals surface area contributed by atoms with Crippen LogP contribution in [0.2, 0.25) is 0 Å². The van der Waals surface area contributed by atoms with Crippen molar-refractivity contribution in [3.63, 3.8) is 0 Å². The van der Waals surface area contributed by atoms with Crippen molar-refractivity contribution in [2.24, 2.45) is 5.92 Å². The van der Waals surface area contributed by atoms with E-state index in [0.717, 1.165) is 45.2 Å². The molecule has 0 spiro atoms. The molecule has 156 valence electrons. The number of benzene rings is 1. The van der Waals surface area contributed by atoms with Gasteiger partial charge < -0.3 is 10.6 Å². The van der Waals surface area contributed by atoms with Crippen LogP contribution in [-0.4, -0.2) is 50.9 Å². The van der Waals surface area contributed by atoms with Gasteiger partial charge in [-0.25, -0.2) is 8.42 Å². The summed E-state index contributed by atoms with van der Waals surface area (Å²) >= 11 is 0. The first-order chi connectivity index (χ1) is 13.0. The third kappa shape index (κ3) is 4.53. The van der Waals surface area contributed by atoms with Crippen molar-refractivity contribution in [3.05, 3.63) is 29.3 Å². The number of carbonyl (C=O) groups is 1. The van der Waals surface area contributed by atoms with Crippen LogP contribution in [-0.2, 0) is 27.7 Å². The normalized spacial score (nSPS) is 23.6. The minimum atomic E-state index is -3.47. The fourth-order valence-electron chi connectivity index (χ4n) is 4.51. The zero-order chi connectivity index (χ0) is 18.9. The lowest BCUT2D eigenvalue weighted by Crippen LogP contribution is -2.49. The van der Waals surface area contributed by atoms with E-state index < -0.39 is 10.0 Å². The number of carbonyl (C=O) groups excluding carboxylic acids is 1. The van der Waals surface area contributed by atoms with Gasteiger partial charge in [-0.3, -0.25) is 4.79 Å². The molecule has 3 aliphatic rings. The third-order valence-corrected chi connectivity index (χ3v) is 8.07. The number of amides is 1. The zero-order valence-corrected chi connectivity index (χ0v) is 17.8. The quantitative estimate of drug-likeness (QED) is 0.768. The van der Waals surface area contributed by atoms with Gasteiger partial charge in [0.1, 0.15) is 0 Å². The number of sulfonamides is 1. The number of nitrogens with zero attached hydrogens (tertiary/aromatic N) is 1. The molecule has 1 aliphatic carbocycles. The van der Waals surface area contributed by atoms with Crippen molar-refractivity contribution in [1.82, 2.24) is 14.9 Å². The highest BCUT2D eigenvalue weighted by molar-refractivity contribution is 7.89. The highest BCUT2D eigenvalue weighted by Crippen LogP contribution is 2.28. The van der Waals surface area contributed by atoms with Gasteiger partial charge in [0.25, 0.3) is 0 Å². The first-order valence-electron chi connectivity index (χ1n) is 10.2. The average Bonchev–Trinajstić information content (AvgIpc) is 3.17. The second-order valence-corrected chi connectivity index (χ2v) is 9.95. The van der Waals surface area contributed by atoms with Gasteiger partial charge in [-0.2, -0.15) is 4.31 Å². The van der Waals surface area contributed by atoms with Gasteiger partial charge in [-0.05, 0) is 74.8 Å². The molecule has 0 aromatic heterocycles. The minimum absolute atomic E-state index is 0. The number of fused-ring (bicyclic) bond motifs is 1. The fourth-order valence-corrected chi connectivity index (χ4v) is 6.03. The predicted octanol–water partition coefficient (Wildman–Crippen LogP) is 1.87. The number of piperidine rings is 2. The molecule has 1 aromatic carbocycles. The summed E-state index contributed by atoms with van der Waals surface area (Å²) in [5, 5.41) is 6.44. The van der Waals surface area contributed by atoms with Gasteiger partial charge in [-0.15, -0.1) is 12.4 Å². The van der Waals surface area contributed by atoms with Crippen molar-refractivity contribution < 1.29 is 13.2 Å². The van der Waals surface area contributed by atoms with Crippen molar-refractivity contribution in [2.75, 3.05) is 26.2 Å². The van der Waals surface area contributed by atoms with E-state index in [-0.39, 0.29) is 30.3 Å². The Labute approximate surface area is 173 Å². The molecule has 1 amide bonds. The van der Waals surface area contributed by atoms with E-state index in [2.05, 4.69) is 10.6 Å². The lowest BCUT2D eigenvalue weighted by Gasteiger charge is -2.32. The van der Waals surface area contributed by atoms with E-state index in [0.29, 0.717) is 30.8 Å². The molecule has 1 atom stereocenters. The Morgan fingerprint density at radius 1 is 1.07 bits per heavy atom. The van der Waals surface area contributed by atoms with E-state index >= 15 is 0 Å². The number of nitrogens with one attached hydrogen (secondary N) is 2. The van der Waals surface area contributed by atoms with Crippen LogP contribution >= 0.6 is 12.4 Å². The molecule has 0 bridgehead atoms. The Morgan fingerprint density at radius 3 is 2.54 bits per heavy atom. The van der Waals surface area contributed by atoms with E-state index in [1.807, 2.05) is 12.1 Å².